The van der Waals surface area contributed by atoms with E-state index in [-0.39, 0.29) is 5.69 Å². The van der Waals surface area contributed by atoms with Crippen molar-refractivity contribution in [3.8, 4) is 22.6 Å². The van der Waals surface area contributed by atoms with Crippen LogP contribution in [0.15, 0.2) is 66.7 Å². The minimum atomic E-state index is -4.43. The molecule has 3 aromatic rings. The van der Waals surface area contributed by atoms with Crippen LogP contribution in [0, 0.1) is 0 Å². The third-order valence-corrected chi connectivity index (χ3v) is 4.34. The Hall–Kier alpha value is -3.48. The smallest absolute Gasteiger partial charge is 0.416 e. The van der Waals surface area contributed by atoms with Gasteiger partial charge in [-0.1, -0.05) is 18.2 Å². The van der Waals surface area contributed by atoms with Crippen LogP contribution in [0.3, 0.4) is 0 Å². The molecule has 0 spiro atoms. The Labute approximate surface area is 165 Å². The summed E-state index contributed by atoms with van der Waals surface area (Å²) in [7, 11) is 3.05. The lowest BCUT2D eigenvalue weighted by Gasteiger charge is -2.15. The first-order valence-corrected chi connectivity index (χ1v) is 8.63. The van der Waals surface area contributed by atoms with Crippen LogP contribution in [0.5, 0.6) is 11.5 Å². The number of amides is 1. The topological polar surface area (TPSA) is 47.6 Å². The standard InChI is InChI=1S/C22H18F3NO3/c1-28-16-11-12-18(19(13-16)17-5-3-4-6-20(17)29-2)21(27)26-15-9-7-14(8-10-15)22(23,24)25/h3-13H,1-2H3,(H,26,27). The SMILES string of the molecule is COc1ccc(C(=O)Nc2ccc(C(F)(F)F)cc2)c(-c2ccccc2OC)c1. The third-order valence-electron chi connectivity index (χ3n) is 4.34. The van der Waals surface area contributed by atoms with Crippen LogP contribution in [-0.4, -0.2) is 20.1 Å². The molecule has 3 aromatic carbocycles. The highest BCUT2D eigenvalue weighted by atomic mass is 19.4. The van der Waals surface area contributed by atoms with Crippen molar-refractivity contribution >= 4 is 11.6 Å². The Bertz CT molecular complexity index is 1010. The zero-order valence-corrected chi connectivity index (χ0v) is 15.7. The summed E-state index contributed by atoms with van der Waals surface area (Å²) < 4.78 is 48.8. The largest absolute Gasteiger partial charge is 0.497 e. The van der Waals surface area contributed by atoms with Crippen molar-refractivity contribution in [2.75, 3.05) is 19.5 Å². The van der Waals surface area contributed by atoms with E-state index in [1.807, 2.05) is 18.2 Å². The van der Waals surface area contributed by atoms with Crippen LogP contribution in [0.25, 0.3) is 11.1 Å². The predicted octanol–water partition coefficient (Wildman–Crippen LogP) is 5.64. The molecule has 0 aliphatic carbocycles. The summed E-state index contributed by atoms with van der Waals surface area (Å²) in [5.74, 6) is 0.662. The molecule has 0 atom stereocenters. The first-order chi connectivity index (χ1) is 13.8. The van der Waals surface area contributed by atoms with Crippen molar-refractivity contribution in [3.63, 3.8) is 0 Å². The lowest BCUT2D eigenvalue weighted by atomic mass is 9.97. The number of hydrogen-bond acceptors (Lipinski definition) is 3. The zero-order valence-electron chi connectivity index (χ0n) is 15.7. The van der Waals surface area contributed by atoms with Gasteiger partial charge in [0.05, 0.1) is 19.8 Å². The van der Waals surface area contributed by atoms with Crippen LogP contribution in [0.1, 0.15) is 15.9 Å². The Morgan fingerprint density at radius 3 is 2.17 bits per heavy atom. The maximum atomic E-state index is 12.9. The molecule has 0 unspecified atom stereocenters. The average Bonchev–Trinajstić information content (AvgIpc) is 2.73. The number of benzene rings is 3. The van der Waals surface area contributed by atoms with Gasteiger partial charge in [0.15, 0.2) is 0 Å². The van der Waals surface area contributed by atoms with E-state index in [9.17, 15) is 18.0 Å². The zero-order chi connectivity index (χ0) is 21.0. The van der Waals surface area contributed by atoms with Gasteiger partial charge in [-0.3, -0.25) is 4.79 Å². The maximum Gasteiger partial charge on any atom is 0.416 e. The van der Waals surface area contributed by atoms with Crippen LogP contribution in [0.2, 0.25) is 0 Å². The number of ether oxygens (including phenoxy) is 2. The molecule has 0 aliphatic rings. The molecule has 0 aliphatic heterocycles. The number of carbonyl (C=O) groups is 1. The van der Waals surface area contributed by atoms with E-state index in [1.165, 1.54) is 26.4 Å². The Balaban J connectivity index is 1.97. The molecule has 0 aromatic heterocycles. The fraction of sp³-hybridized carbons (Fsp3) is 0.136. The molecule has 0 fully saturated rings. The van der Waals surface area contributed by atoms with Gasteiger partial charge in [0, 0.05) is 22.4 Å². The van der Waals surface area contributed by atoms with Crippen molar-refractivity contribution in [2.24, 2.45) is 0 Å². The fourth-order valence-corrected chi connectivity index (χ4v) is 2.88. The van der Waals surface area contributed by atoms with Crippen LogP contribution >= 0.6 is 0 Å². The summed E-state index contributed by atoms with van der Waals surface area (Å²) >= 11 is 0. The highest BCUT2D eigenvalue weighted by Crippen LogP contribution is 2.35. The molecule has 1 N–H and O–H groups in total. The Morgan fingerprint density at radius 2 is 1.55 bits per heavy atom. The monoisotopic (exact) mass is 401 g/mol. The van der Waals surface area contributed by atoms with Gasteiger partial charge in [0.25, 0.3) is 5.91 Å². The summed E-state index contributed by atoms with van der Waals surface area (Å²) in [5, 5.41) is 2.63. The van der Waals surface area contributed by atoms with E-state index >= 15 is 0 Å². The quantitative estimate of drug-likeness (QED) is 0.602. The van der Waals surface area contributed by atoms with Crippen molar-refractivity contribution in [2.45, 2.75) is 6.18 Å². The molecule has 29 heavy (non-hydrogen) atoms. The first-order valence-electron chi connectivity index (χ1n) is 8.63. The number of nitrogens with one attached hydrogen (secondary N) is 1. The number of rotatable bonds is 5. The van der Waals surface area contributed by atoms with E-state index < -0.39 is 17.6 Å². The maximum absolute atomic E-state index is 12.9. The minimum absolute atomic E-state index is 0.254. The molecule has 0 heterocycles. The van der Waals surface area contributed by atoms with E-state index in [0.717, 1.165) is 12.1 Å². The average molecular weight is 401 g/mol. The molecule has 3 rings (SSSR count). The summed E-state index contributed by atoms with van der Waals surface area (Å²) in [5.41, 5.74) is 1.06. The molecule has 0 saturated heterocycles. The fourth-order valence-electron chi connectivity index (χ4n) is 2.88. The van der Waals surface area contributed by atoms with Crippen molar-refractivity contribution in [1.82, 2.24) is 0 Å². The second-order valence-corrected chi connectivity index (χ2v) is 6.14. The van der Waals surface area contributed by atoms with Gasteiger partial charge in [-0.25, -0.2) is 0 Å². The molecule has 150 valence electrons. The number of methoxy groups -OCH3 is 2. The second-order valence-electron chi connectivity index (χ2n) is 6.14. The number of alkyl halides is 3. The lowest BCUT2D eigenvalue weighted by Crippen LogP contribution is -2.14. The van der Waals surface area contributed by atoms with Crippen LogP contribution in [0.4, 0.5) is 18.9 Å². The van der Waals surface area contributed by atoms with Gasteiger partial charge < -0.3 is 14.8 Å². The molecule has 0 radical (unpaired) electrons. The number of anilines is 1. The highest BCUT2D eigenvalue weighted by molar-refractivity contribution is 6.09. The highest BCUT2D eigenvalue weighted by Gasteiger charge is 2.30. The Kier molecular flexibility index (Phi) is 5.77. The first kappa shape index (κ1) is 20.3. The van der Waals surface area contributed by atoms with E-state index in [4.69, 9.17) is 9.47 Å². The van der Waals surface area contributed by atoms with E-state index in [2.05, 4.69) is 5.32 Å². The lowest BCUT2D eigenvalue weighted by molar-refractivity contribution is -0.137. The molecule has 4 nitrogen and oxygen atoms in total. The van der Waals surface area contributed by atoms with Crippen molar-refractivity contribution < 1.29 is 27.4 Å². The normalized spacial score (nSPS) is 11.1. The summed E-state index contributed by atoms with van der Waals surface area (Å²) in [6.45, 7) is 0. The van der Waals surface area contributed by atoms with Gasteiger partial charge in [0.1, 0.15) is 11.5 Å². The van der Waals surface area contributed by atoms with Gasteiger partial charge in [0.2, 0.25) is 0 Å². The number of hydrogen-bond donors (Lipinski definition) is 1. The van der Waals surface area contributed by atoms with Gasteiger partial charge in [-0.2, -0.15) is 13.2 Å². The summed E-state index contributed by atoms with van der Waals surface area (Å²) in [6, 6.07) is 16.4. The second kappa shape index (κ2) is 8.26. The van der Waals surface area contributed by atoms with Crippen molar-refractivity contribution in [3.05, 3.63) is 77.9 Å². The van der Waals surface area contributed by atoms with Crippen LogP contribution < -0.4 is 14.8 Å². The van der Waals surface area contributed by atoms with Gasteiger partial charge in [-0.05, 0) is 48.5 Å². The van der Waals surface area contributed by atoms with Crippen molar-refractivity contribution in [1.29, 1.82) is 0 Å². The van der Waals surface area contributed by atoms with Crippen LogP contribution in [-0.2, 0) is 6.18 Å². The van der Waals surface area contributed by atoms with E-state index in [0.29, 0.717) is 28.2 Å². The summed E-state index contributed by atoms with van der Waals surface area (Å²) in [4.78, 5) is 12.9. The number of para-hydroxylation sites is 1. The molecule has 7 heteroatoms. The number of carbonyl (C=O) groups excluding carboxylic acids is 1. The predicted molar refractivity (Wildman–Crippen MR) is 104 cm³/mol. The molecular weight excluding hydrogens is 383 g/mol. The molecular formula is C22H18F3NO3. The number of halogens is 3. The minimum Gasteiger partial charge on any atom is -0.497 e. The van der Waals surface area contributed by atoms with Gasteiger partial charge in [-0.15, -0.1) is 0 Å². The van der Waals surface area contributed by atoms with E-state index in [1.54, 1.807) is 24.3 Å². The molecule has 0 bridgehead atoms. The summed E-state index contributed by atoms with van der Waals surface area (Å²) in [6.07, 6.45) is -4.43. The molecule has 0 saturated carbocycles. The Morgan fingerprint density at radius 1 is 0.862 bits per heavy atom. The third kappa shape index (κ3) is 4.51. The molecule has 1 amide bonds. The van der Waals surface area contributed by atoms with Gasteiger partial charge >= 0.3 is 6.18 Å².